The minimum atomic E-state index is -1.01. The fourth-order valence-electron chi connectivity index (χ4n) is 3.19. The number of aromatic nitrogens is 1. The smallest absolute Gasteiger partial charge is 0.329 e. The third-order valence-electron chi connectivity index (χ3n) is 4.55. The quantitative estimate of drug-likeness (QED) is 0.492. The number of esters is 2. The average molecular weight is 430 g/mol. The van der Waals surface area contributed by atoms with Crippen molar-refractivity contribution in [1.29, 1.82) is 0 Å². The van der Waals surface area contributed by atoms with Crippen molar-refractivity contribution in [3.63, 3.8) is 0 Å². The molecule has 0 N–H and O–H groups in total. The van der Waals surface area contributed by atoms with Crippen LogP contribution >= 0.6 is 11.8 Å². The molecule has 3 rings (SSSR count). The van der Waals surface area contributed by atoms with Crippen LogP contribution in [0.4, 0.5) is 4.79 Å². The molecule has 2 heterocycles. The first-order chi connectivity index (χ1) is 14.4. The Labute approximate surface area is 177 Å². The Kier molecular flexibility index (Phi) is 6.61. The third kappa shape index (κ3) is 4.25. The highest BCUT2D eigenvalue weighted by atomic mass is 32.2. The number of imide groups is 1. The highest BCUT2D eigenvalue weighted by Gasteiger charge is 2.41. The first-order valence-electron chi connectivity index (χ1n) is 9.54. The highest BCUT2D eigenvalue weighted by molar-refractivity contribution is 8.18. The van der Waals surface area contributed by atoms with Gasteiger partial charge in [-0.1, -0.05) is 18.2 Å². The van der Waals surface area contributed by atoms with E-state index in [4.69, 9.17) is 9.47 Å². The number of carbonyl (C=O) groups excluding carboxylic acids is 4. The van der Waals surface area contributed by atoms with Crippen LogP contribution in [0.1, 0.15) is 26.3 Å². The molecule has 158 valence electrons. The van der Waals surface area contributed by atoms with Crippen molar-refractivity contribution in [2.24, 2.45) is 0 Å². The molecule has 8 nitrogen and oxygen atoms in total. The van der Waals surface area contributed by atoms with Crippen molar-refractivity contribution in [3.8, 4) is 0 Å². The SMILES string of the molecule is CCOC(=O)Cn1cc(/C=C2/SC(=O)N([C@H](C)C(=O)OCC)C2=O)c2ccccc21. The van der Waals surface area contributed by atoms with Crippen molar-refractivity contribution in [3.05, 3.63) is 40.9 Å². The molecule has 0 bridgehead atoms. The van der Waals surface area contributed by atoms with Crippen LogP contribution in [0.2, 0.25) is 0 Å². The minimum Gasteiger partial charge on any atom is -0.465 e. The summed E-state index contributed by atoms with van der Waals surface area (Å²) in [5.74, 6) is -1.55. The molecule has 0 spiro atoms. The topological polar surface area (TPSA) is 94.9 Å². The normalized spacial score (nSPS) is 16.4. The largest absolute Gasteiger partial charge is 0.465 e. The average Bonchev–Trinajstić information content (AvgIpc) is 3.19. The van der Waals surface area contributed by atoms with Gasteiger partial charge >= 0.3 is 11.9 Å². The maximum absolute atomic E-state index is 12.8. The van der Waals surface area contributed by atoms with E-state index in [1.165, 1.54) is 6.92 Å². The van der Waals surface area contributed by atoms with Gasteiger partial charge in [-0.15, -0.1) is 0 Å². The maximum atomic E-state index is 12.8. The van der Waals surface area contributed by atoms with E-state index in [9.17, 15) is 19.2 Å². The molecule has 0 unspecified atom stereocenters. The fraction of sp³-hybridized carbons (Fsp3) is 0.333. The summed E-state index contributed by atoms with van der Waals surface area (Å²) >= 11 is 0.770. The second-order valence-corrected chi connectivity index (χ2v) is 7.51. The van der Waals surface area contributed by atoms with Crippen molar-refractivity contribution < 1.29 is 28.7 Å². The molecule has 1 aliphatic rings. The summed E-state index contributed by atoms with van der Waals surface area (Å²) in [6.45, 7) is 5.34. The van der Waals surface area contributed by atoms with E-state index in [0.29, 0.717) is 5.56 Å². The standard InChI is InChI=1S/C21H22N2O6S/c1-4-28-18(24)12-22-11-14(15-8-6-7-9-16(15)22)10-17-19(25)23(21(27)30-17)13(3)20(26)29-5-2/h6-11,13H,4-5,12H2,1-3H3/b17-10+/t13-/m1/s1. The Hall–Kier alpha value is -3.07. The van der Waals surface area contributed by atoms with Gasteiger partial charge in [0.1, 0.15) is 12.6 Å². The molecule has 1 aliphatic heterocycles. The summed E-state index contributed by atoms with van der Waals surface area (Å²) in [4.78, 5) is 50.2. The van der Waals surface area contributed by atoms with Crippen LogP contribution in [0.25, 0.3) is 17.0 Å². The molecule has 30 heavy (non-hydrogen) atoms. The molecule has 0 radical (unpaired) electrons. The Morgan fingerprint density at radius 1 is 1.13 bits per heavy atom. The lowest BCUT2D eigenvalue weighted by molar-refractivity contribution is -0.150. The summed E-state index contributed by atoms with van der Waals surface area (Å²) in [6.07, 6.45) is 3.34. The fourth-order valence-corrected chi connectivity index (χ4v) is 4.09. The summed E-state index contributed by atoms with van der Waals surface area (Å²) in [6, 6.07) is 6.42. The molecule has 0 saturated carbocycles. The summed E-state index contributed by atoms with van der Waals surface area (Å²) in [7, 11) is 0. The third-order valence-corrected chi connectivity index (χ3v) is 5.43. The Balaban J connectivity index is 1.93. The maximum Gasteiger partial charge on any atom is 0.329 e. The monoisotopic (exact) mass is 430 g/mol. The first kappa shape index (κ1) is 21.6. The van der Waals surface area contributed by atoms with Crippen LogP contribution in [-0.2, 0) is 30.4 Å². The number of hydrogen-bond acceptors (Lipinski definition) is 7. The zero-order valence-corrected chi connectivity index (χ0v) is 17.7. The molecular weight excluding hydrogens is 408 g/mol. The zero-order valence-electron chi connectivity index (χ0n) is 16.9. The number of hydrogen-bond donors (Lipinski definition) is 0. The highest BCUT2D eigenvalue weighted by Crippen LogP contribution is 2.35. The van der Waals surface area contributed by atoms with Crippen LogP contribution in [0, 0.1) is 0 Å². The molecule has 2 amide bonds. The number of rotatable bonds is 7. The van der Waals surface area contributed by atoms with Gasteiger partial charge in [-0.05, 0) is 44.7 Å². The van der Waals surface area contributed by atoms with Gasteiger partial charge in [0, 0.05) is 22.7 Å². The molecule has 2 aromatic rings. The number of fused-ring (bicyclic) bond motifs is 1. The number of benzene rings is 1. The van der Waals surface area contributed by atoms with Gasteiger partial charge in [-0.3, -0.25) is 19.3 Å². The van der Waals surface area contributed by atoms with Crippen molar-refractivity contribution in [2.45, 2.75) is 33.4 Å². The van der Waals surface area contributed by atoms with E-state index in [1.807, 2.05) is 24.3 Å². The van der Waals surface area contributed by atoms with E-state index >= 15 is 0 Å². The van der Waals surface area contributed by atoms with Gasteiger partial charge in [0.25, 0.3) is 11.1 Å². The Morgan fingerprint density at radius 2 is 1.83 bits per heavy atom. The van der Waals surface area contributed by atoms with E-state index < -0.39 is 23.2 Å². The zero-order chi connectivity index (χ0) is 21.8. The van der Waals surface area contributed by atoms with E-state index in [-0.39, 0.29) is 30.6 Å². The molecule has 1 saturated heterocycles. The van der Waals surface area contributed by atoms with Crippen LogP contribution in [0.15, 0.2) is 35.4 Å². The van der Waals surface area contributed by atoms with Gasteiger partial charge in [-0.2, -0.15) is 0 Å². The Bertz CT molecular complexity index is 1040. The van der Waals surface area contributed by atoms with Crippen molar-refractivity contribution >= 4 is 51.8 Å². The molecule has 1 aromatic carbocycles. The second-order valence-electron chi connectivity index (χ2n) is 6.51. The van der Waals surface area contributed by atoms with Crippen LogP contribution in [0.3, 0.4) is 0 Å². The number of para-hydroxylation sites is 1. The van der Waals surface area contributed by atoms with Crippen LogP contribution in [0.5, 0.6) is 0 Å². The summed E-state index contributed by atoms with van der Waals surface area (Å²) in [5, 5.41) is 0.300. The number of amides is 2. The predicted molar refractivity (Wildman–Crippen MR) is 112 cm³/mol. The van der Waals surface area contributed by atoms with Crippen molar-refractivity contribution in [1.82, 2.24) is 9.47 Å². The van der Waals surface area contributed by atoms with E-state index in [0.717, 1.165) is 27.6 Å². The number of carbonyl (C=O) groups is 4. The minimum absolute atomic E-state index is 0.0313. The van der Waals surface area contributed by atoms with Gasteiger partial charge in [0.15, 0.2) is 0 Å². The number of nitrogens with zero attached hydrogens (tertiary/aromatic N) is 2. The van der Waals surface area contributed by atoms with Crippen LogP contribution < -0.4 is 0 Å². The molecule has 1 atom stereocenters. The molecule has 0 aliphatic carbocycles. The lowest BCUT2D eigenvalue weighted by Crippen LogP contribution is -2.42. The summed E-state index contributed by atoms with van der Waals surface area (Å²) in [5.41, 5.74) is 1.49. The predicted octanol–water partition coefficient (Wildman–Crippen LogP) is 3.19. The molecule has 1 fully saturated rings. The second kappa shape index (κ2) is 9.17. The van der Waals surface area contributed by atoms with E-state index in [1.54, 1.807) is 30.7 Å². The van der Waals surface area contributed by atoms with Gasteiger partial charge in [0.05, 0.1) is 18.1 Å². The lowest BCUT2D eigenvalue weighted by atomic mass is 10.1. The van der Waals surface area contributed by atoms with Gasteiger partial charge < -0.3 is 14.0 Å². The first-order valence-corrected chi connectivity index (χ1v) is 10.4. The number of ether oxygens (including phenoxy) is 2. The lowest BCUT2D eigenvalue weighted by Gasteiger charge is -2.19. The van der Waals surface area contributed by atoms with Gasteiger partial charge in [-0.25, -0.2) is 4.79 Å². The molecule has 9 heteroatoms. The number of thioether (sulfide) groups is 1. The van der Waals surface area contributed by atoms with Gasteiger partial charge in [0.2, 0.25) is 0 Å². The molecule has 1 aromatic heterocycles. The Morgan fingerprint density at radius 3 is 2.53 bits per heavy atom. The molecular formula is C21H22N2O6S. The van der Waals surface area contributed by atoms with E-state index in [2.05, 4.69) is 0 Å². The van der Waals surface area contributed by atoms with Crippen molar-refractivity contribution in [2.75, 3.05) is 13.2 Å². The summed E-state index contributed by atoms with van der Waals surface area (Å²) < 4.78 is 11.7. The van der Waals surface area contributed by atoms with Crippen LogP contribution in [-0.4, -0.2) is 51.8 Å².